The van der Waals surface area contributed by atoms with Crippen molar-refractivity contribution < 1.29 is 21.6 Å². The second kappa shape index (κ2) is 5.02. The van der Waals surface area contributed by atoms with E-state index in [9.17, 15) is 21.6 Å². The van der Waals surface area contributed by atoms with Gasteiger partial charge in [-0.3, -0.25) is 0 Å². The van der Waals surface area contributed by atoms with Crippen molar-refractivity contribution in [1.29, 1.82) is 0 Å². The number of rotatable bonds is 4. The van der Waals surface area contributed by atoms with E-state index in [0.717, 1.165) is 6.07 Å². The summed E-state index contributed by atoms with van der Waals surface area (Å²) >= 11 is 0. The SMILES string of the molecule is Nc1ccc(S(N)(=O)=O)cc1NCCC(F)(F)F. The van der Waals surface area contributed by atoms with Gasteiger partial charge in [-0.25, -0.2) is 13.6 Å². The van der Waals surface area contributed by atoms with Gasteiger partial charge in [0.1, 0.15) is 0 Å². The summed E-state index contributed by atoms with van der Waals surface area (Å²) in [5.41, 5.74) is 5.75. The summed E-state index contributed by atoms with van der Waals surface area (Å²) in [6.45, 7) is -0.401. The number of halogens is 3. The van der Waals surface area contributed by atoms with E-state index < -0.39 is 29.2 Å². The van der Waals surface area contributed by atoms with Crippen LogP contribution < -0.4 is 16.2 Å². The lowest BCUT2D eigenvalue weighted by Crippen LogP contribution is -2.16. The number of anilines is 2. The van der Waals surface area contributed by atoms with Crippen molar-refractivity contribution >= 4 is 21.4 Å². The second-order valence-electron chi connectivity index (χ2n) is 3.59. The molecule has 0 amide bonds. The van der Waals surface area contributed by atoms with Crippen molar-refractivity contribution in [2.24, 2.45) is 5.14 Å². The van der Waals surface area contributed by atoms with Crippen LogP contribution in [0.2, 0.25) is 0 Å². The third-order valence-corrected chi connectivity index (χ3v) is 2.99. The van der Waals surface area contributed by atoms with Crippen molar-refractivity contribution in [3.05, 3.63) is 18.2 Å². The molecule has 0 aliphatic carbocycles. The van der Waals surface area contributed by atoms with Crippen LogP contribution >= 0.6 is 0 Å². The third-order valence-electron chi connectivity index (χ3n) is 2.08. The molecule has 0 aliphatic rings. The van der Waals surface area contributed by atoms with Crippen LogP contribution in [0.5, 0.6) is 0 Å². The molecule has 9 heteroatoms. The number of sulfonamides is 1. The maximum atomic E-state index is 11.9. The van der Waals surface area contributed by atoms with E-state index in [4.69, 9.17) is 10.9 Å². The second-order valence-corrected chi connectivity index (χ2v) is 5.15. The fourth-order valence-electron chi connectivity index (χ4n) is 1.20. The van der Waals surface area contributed by atoms with Crippen molar-refractivity contribution in [2.45, 2.75) is 17.5 Å². The normalized spacial score (nSPS) is 12.4. The Hall–Kier alpha value is -1.48. The molecule has 0 aromatic heterocycles. The van der Waals surface area contributed by atoms with Gasteiger partial charge in [-0.15, -0.1) is 0 Å². The lowest BCUT2D eigenvalue weighted by molar-refractivity contribution is -0.131. The highest BCUT2D eigenvalue weighted by atomic mass is 32.2. The van der Waals surface area contributed by atoms with E-state index >= 15 is 0 Å². The first-order valence-corrected chi connectivity index (χ1v) is 6.37. The van der Waals surface area contributed by atoms with Crippen LogP contribution in [0, 0.1) is 0 Å². The van der Waals surface area contributed by atoms with Crippen molar-refractivity contribution in [2.75, 3.05) is 17.6 Å². The molecule has 1 rings (SSSR count). The van der Waals surface area contributed by atoms with Gasteiger partial charge in [0.15, 0.2) is 0 Å². The Morgan fingerprint density at radius 1 is 1.28 bits per heavy atom. The summed E-state index contributed by atoms with van der Waals surface area (Å²) in [5.74, 6) is 0. The van der Waals surface area contributed by atoms with E-state index in [0.29, 0.717) is 0 Å². The van der Waals surface area contributed by atoms with Gasteiger partial charge in [0.05, 0.1) is 22.7 Å². The van der Waals surface area contributed by atoms with Gasteiger partial charge in [0, 0.05) is 6.54 Å². The Balaban J connectivity index is 2.83. The van der Waals surface area contributed by atoms with Crippen LogP contribution in [0.15, 0.2) is 23.1 Å². The Labute approximate surface area is 102 Å². The van der Waals surface area contributed by atoms with Crippen LogP contribution in [0.1, 0.15) is 6.42 Å². The molecule has 0 radical (unpaired) electrons. The fraction of sp³-hybridized carbons (Fsp3) is 0.333. The van der Waals surface area contributed by atoms with Gasteiger partial charge >= 0.3 is 6.18 Å². The summed E-state index contributed by atoms with van der Waals surface area (Å²) in [6, 6.07) is 3.54. The molecule has 0 saturated heterocycles. The zero-order valence-corrected chi connectivity index (χ0v) is 9.98. The lowest BCUT2D eigenvalue weighted by atomic mass is 10.2. The van der Waals surface area contributed by atoms with Gasteiger partial charge in [0.25, 0.3) is 0 Å². The Kier molecular flexibility index (Phi) is 4.07. The van der Waals surface area contributed by atoms with E-state index in [1.165, 1.54) is 12.1 Å². The van der Waals surface area contributed by atoms with Crippen LogP contribution in [-0.2, 0) is 10.0 Å². The maximum absolute atomic E-state index is 11.9. The van der Waals surface area contributed by atoms with E-state index in [2.05, 4.69) is 5.32 Å². The molecule has 18 heavy (non-hydrogen) atoms. The van der Waals surface area contributed by atoms with Gasteiger partial charge in [-0.05, 0) is 18.2 Å². The summed E-state index contributed by atoms with van der Waals surface area (Å²) < 4.78 is 57.9. The minimum Gasteiger partial charge on any atom is -0.397 e. The number of nitrogens with one attached hydrogen (secondary N) is 1. The molecule has 5 nitrogen and oxygen atoms in total. The average molecular weight is 283 g/mol. The molecule has 0 fully saturated rings. The molecule has 1 aromatic rings. The number of primary sulfonamides is 1. The molecule has 0 spiro atoms. The number of hydrogen-bond acceptors (Lipinski definition) is 4. The summed E-state index contributed by atoms with van der Waals surface area (Å²) in [7, 11) is -3.91. The molecule has 5 N–H and O–H groups in total. The molecular formula is C9H12F3N3O2S. The number of nitrogen functional groups attached to an aromatic ring is 1. The first-order valence-electron chi connectivity index (χ1n) is 4.82. The predicted octanol–water partition coefficient (Wildman–Crippen LogP) is 1.28. The maximum Gasteiger partial charge on any atom is 0.390 e. The van der Waals surface area contributed by atoms with Crippen LogP contribution in [0.3, 0.4) is 0 Å². The van der Waals surface area contributed by atoms with Crippen LogP contribution in [0.25, 0.3) is 0 Å². The van der Waals surface area contributed by atoms with E-state index in [1.807, 2.05) is 0 Å². The summed E-state index contributed by atoms with van der Waals surface area (Å²) in [4.78, 5) is -0.216. The first-order chi connectivity index (χ1) is 8.09. The summed E-state index contributed by atoms with van der Waals surface area (Å²) in [5, 5.41) is 7.31. The van der Waals surface area contributed by atoms with Crippen molar-refractivity contribution in [3.63, 3.8) is 0 Å². The highest BCUT2D eigenvalue weighted by molar-refractivity contribution is 7.89. The molecule has 0 atom stereocenters. The lowest BCUT2D eigenvalue weighted by Gasteiger charge is -2.11. The van der Waals surface area contributed by atoms with Gasteiger partial charge in [0.2, 0.25) is 10.0 Å². The highest BCUT2D eigenvalue weighted by Crippen LogP contribution is 2.24. The highest BCUT2D eigenvalue weighted by Gasteiger charge is 2.26. The Morgan fingerprint density at radius 3 is 2.39 bits per heavy atom. The monoisotopic (exact) mass is 283 g/mol. The smallest absolute Gasteiger partial charge is 0.390 e. The molecule has 0 saturated carbocycles. The number of benzene rings is 1. The molecule has 0 aliphatic heterocycles. The Bertz CT molecular complexity index is 528. The quantitative estimate of drug-likeness (QED) is 0.725. The zero-order chi connectivity index (χ0) is 14.0. The van der Waals surface area contributed by atoms with Gasteiger partial charge < -0.3 is 11.1 Å². The number of hydrogen-bond donors (Lipinski definition) is 3. The van der Waals surface area contributed by atoms with E-state index in [1.54, 1.807) is 0 Å². The molecular weight excluding hydrogens is 271 g/mol. The van der Waals surface area contributed by atoms with Crippen LogP contribution in [0.4, 0.5) is 24.5 Å². The van der Waals surface area contributed by atoms with Crippen molar-refractivity contribution in [3.8, 4) is 0 Å². The largest absolute Gasteiger partial charge is 0.397 e. The minimum atomic E-state index is -4.29. The number of nitrogens with two attached hydrogens (primary N) is 2. The van der Waals surface area contributed by atoms with Crippen LogP contribution in [-0.4, -0.2) is 21.1 Å². The molecule has 0 heterocycles. The number of alkyl halides is 3. The average Bonchev–Trinajstić information content (AvgIpc) is 2.17. The topological polar surface area (TPSA) is 98.2 Å². The minimum absolute atomic E-state index is 0.103. The Morgan fingerprint density at radius 2 is 1.89 bits per heavy atom. The standard InChI is InChI=1S/C9H12F3N3O2S/c10-9(11,12)3-4-15-8-5-6(18(14,16)17)1-2-7(8)13/h1-2,5,15H,3-4,13H2,(H2,14,16,17). The molecule has 0 bridgehead atoms. The fourth-order valence-corrected chi connectivity index (χ4v) is 1.74. The van der Waals surface area contributed by atoms with Gasteiger partial charge in [-0.2, -0.15) is 13.2 Å². The van der Waals surface area contributed by atoms with E-state index in [-0.39, 0.29) is 16.3 Å². The molecule has 102 valence electrons. The third kappa shape index (κ3) is 4.41. The zero-order valence-electron chi connectivity index (χ0n) is 9.16. The van der Waals surface area contributed by atoms with Crippen molar-refractivity contribution in [1.82, 2.24) is 0 Å². The molecule has 1 aromatic carbocycles. The summed E-state index contributed by atoms with van der Waals surface area (Å²) in [6.07, 6.45) is -5.34. The molecule has 0 unspecified atom stereocenters. The van der Waals surface area contributed by atoms with Gasteiger partial charge in [-0.1, -0.05) is 0 Å². The predicted molar refractivity (Wildman–Crippen MR) is 61.4 cm³/mol. The first kappa shape index (κ1) is 14.6.